The van der Waals surface area contributed by atoms with Gasteiger partial charge in [-0.15, -0.1) is 0 Å². The summed E-state index contributed by atoms with van der Waals surface area (Å²) in [6.07, 6.45) is 3.45. The number of carbonyl (C=O) groups excluding carboxylic acids is 2. The Morgan fingerprint density at radius 1 is 0.507 bits per heavy atom. The molecule has 0 aliphatic heterocycles. The maximum atomic E-state index is 15.0. The number of rotatable bonds is 29. The lowest BCUT2D eigenvalue weighted by Gasteiger charge is -2.19. The Morgan fingerprint density at radius 2 is 0.899 bits per heavy atom. The van der Waals surface area contributed by atoms with Crippen molar-refractivity contribution in [2.45, 2.75) is 69.5 Å². The van der Waals surface area contributed by atoms with Crippen LogP contribution < -0.4 is 30.4 Å². The number of ether oxygens (including phenoxy) is 6. The molecule has 5 aromatic rings. The van der Waals surface area contributed by atoms with Crippen LogP contribution in [0.5, 0.6) is 23.0 Å². The number of benzene rings is 5. The average molecular weight is 963 g/mol. The minimum Gasteiger partial charge on any atom is -0.494 e. The van der Waals surface area contributed by atoms with Gasteiger partial charge in [-0.3, -0.25) is 8.78 Å². The monoisotopic (exact) mass is 962 g/mol. The number of nitrogen functional groups attached to an aromatic ring is 2. The van der Waals surface area contributed by atoms with E-state index in [0.29, 0.717) is 59.9 Å². The van der Waals surface area contributed by atoms with E-state index in [1.165, 1.54) is 115 Å². The molecular weight excluding hydrogens is 907 g/mol. The SMILES string of the molecule is Nc1ccc(C(COC(=O)/C=C/c2ccc(OC(F)(F)c3ccc(OCCCCCCF)cc3)cc2)COC(=O)/C=C/c2ccc(OC(F)(F)c3ccc(OCCCCCCF)cc3)cc2)c(N)c1. The Balaban J connectivity index is 1.08. The molecule has 5 rings (SSSR count). The Bertz CT molecular complexity index is 2260. The van der Waals surface area contributed by atoms with Crippen molar-refractivity contribution in [2.24, 2.45) is 0 Å². The Labute approximate surface area is 397 Å². The molecule has 5 aromatic carbocycles. The molecule has 4 N–H and O–H groups in total. The lowest BCUT2D eigenvalue weighted by atomic mass is 9.98. The molecule has 0 radical (unpaired) electrons. The van der Waals surface area contributed by atoms with Crippen molar-refractivity contribution in [3.05, 3.63) is 155 Å². The van der Waals surface area contributed by atoms with Gasteiger partial charge in [0.2, 0.25) is 0 Å². The molecule has 10 nitrogen and oxygen atoms in total. The highest BCUT2D eigenvalue weighted by Crippen LogP contribution is 2.34. The lowest BCUT2D eigenvalue weighted by Crippen LogP contribution is -2.21. The van der Waals surface area contributed by atoms with Gasteiger partial charge in [0.1, 0.15) is 36.2 Å². The molecule has 0 atom stereocenters. The van der Waals surface area contributed by atoms with Gasteiger partial charge in [0.05, 0.1) is 43.6 Å². The second-order valence-corrected chi connectivity index (χ2v) is 15.8. The summed E-state index contributed by atoms with van der Waals surface area (Å²) in [4.78, 5) is 25.6. The normalized spacial score (nSPS) is 11.8. The minimum atomic E-state index is -3.65. The van der Waals surface area contributed by atoms with Crippen LogP contribution >= 0.6 is 0 Å². The fourth-order valence-corrected chi connectivity index (χ4v) is 6.66. The number of alkyl halides is 6. The van der Waals surface area contributed by atoms with Gasteiger partial charge in [0.25, 0.3) is 0 Å². The minimum absolute atomic E-state index is 0.117. The van der Waals surface area contributed by atoms with E-state index in [2.05, 4.69) is 0 Å². The summed E-state index contributed by atoms with van der Waals surface area (Å²) >= 11 is 0. The summed E-state index contributed by atoms with van der Waals surface area (Å²) in [5.41, 5.74) is 13.5. The first-order valence-corrected chi connectivity index (χ1v) is 22.5. The summed E-state index contributed by atoms with van der Waals surface area (Å²) < 4.78 is 116. The number of carbonyl (C=O) groups is 2. The van der Waals surface area contributed by atoms with Crippen LogP contribution in [0.4, 0.5) is 37.7 Å². The number of hydrogen-bond donors (Lipinski definition) is 2. The number of hydrogen-bond acceptors (Lipinski definition) is 10. The zero-order chi connectivity index (χ0) is 49.5. The predicted octanol–water partition coefficient (Wildman–Crippen LogP) is 12.5. The molecule has 0 aromatic heterocycles. The van der Waals surface area contributed by atoms with E-state index in [9.17, 15) is 35.9 Å². The van der Waals surface area contributed by atoms with Gasteiger partial charge in [-0.1, -0.05) is 43.2 Å². The van der Waals surface area contributed by atoms with Crippen molar-refractivity contribution in [3.8, 4) is 23.0 Å². The third-order valence-electron chi connectivity index (χ3n) is 10.5. The first-order chi connectivity index (χ1) is 33.2. The van der Waals surface area contributed by atoms with Crippen LogP contribution in [0.25, 0.3) is 12.2 Å². The number of unbranched alkanes of at least 4 members (excludes halogenated alkanes) is 6. The molecule has 0 unspecified atom stereocenters. The highest BCUT2D eigenvalue weighted by Gasteiger charge is 2.35. The summed E-state index contributed by atoms with van der Waals surface area (Å²) in [5.74, 6) is -1.59. The zero-order valence-corrected chi connectivity index (χ0v) is 37.9. The molecule has 0 saturated heterocycles. The van der Waals surface area contributed by atoms with Crippen molar-refractivity contribution in [1.82, 2.24) is 0 Å². The van der Waals surface area contributed by atoms with Crippen LogP contribution in [0.3, 0.4) is 0 Å². The maximum Gasteiger partial charge on any atom is 0.426 e. The predicted molar refractivity (Wildman–Crippen MR) is 253 cm³/mol. The smallest absolute Gasteiger partial charge is 0.426 e. The second kappa shape index (κ2) is 27.0. The molecule has 368 valence electrons. The highest BCUT2D eigenvalue weighted by atomic mass is 19.3. The molecular formula is C53H56F6N2O8. The van der Waals surface area contributed by atoms with E-state index in [-0.39, 0.29) is 54.9 Å². The standard InChI is InChI=1S/C53H56F6N2O8/c54-31-5-1-3-7-33-64-44-24-15-41(16-25-44)52(56,57)68-46-20-9-38(10-21-46)13-29-50(62)66-36-40(48-28-19-43(60)35-49(48)61)37-67-51(63)30-14-39-11-22-47(23-12-39)69-53(58,59)42-17-26-45(27-18-42)65-34-8-4-2-6-32-55/h9-30,35,40H,1-8,31-34,36-37,60-61H2/b29-13+,30-14+. The maximum absolute atomic E-state index is 15.0. The molecule has 0 spiro atoms. The molecule has 16 heteroatoms. The van der Waals surface area contributed by atoms with Crippen LogP contribution in [0.15, 0.2) is 127 Å². The first-order valence-electron chi connectivity index (χ1n) is 22.5. The Morgan fingerprint density at radius 3 is 1.29 bits per heavy atom. The number of anilines is 2. The second-order valence-electron chi connectivity index (χ2n) is 15.8. The van der Waals surface area contributed by atoms with Gasteiger partial charge in [0, 0.05) is 23.5 Å². The van der Waals surface area contributed by atoms with Gasteiger partial charge in [-0.25, -0.2) is 9.59 Å². The molecule has 0 bridgehead atoms. The molecule has 0 aliphatic carbocycles. The van der Waals surface area contributed by atoms with Crippen LogP contribution in [0.2, 0.25) is 0 Å². The van der Waals surface area contributed by atoms with Gasteiger partial charge in [-0.2, -0.15) is 17.6 Å². The molecule has 0 fully saturated rings. The molecule has 0 heterocycles. The molecule has 0 amide bonds. The van der Waals surface area contributed by atoms with E-state index in [1.54, 1.807) is 12.1 Å². The van der Waals surface area contributed by atoms with Crippen molar-refractivity contribution in [1.29, 1.82) is 0 Å². The fourth-order valence-electron chi connectivity index (χ4n) is 6.66. The van der Waals surface area contributed by atoms with E-state index in [0.717, 1.165) is 50.7 Å². The van der Waals surface area contributed by atoms with Crippen molar-refractivity contribution >= 4 is 35.5 Å². The topological polar surface area (TPSA) is 142 Å². The lowest BCUT2D eigenvalue weighted by molar-refractivity contribution is -0.186. The number of nitrogens with two attached hydrogens (primary N) is 2. The zero-order valence-electron chi connectivity index (χ0n) is 37.9. The van der Waals surface area contributed by atoms with E-state index in [1.807, 2.05) is 0 Å². The summed E-state index contributed by atoms with van der Waals surface area (Å²) in [6, 6.07) is 26.6. The van der Waals surface area contributed by atoms with Crippen LogP contribution in [0.1, 0.15) is 85.1 Å². The summed E-state index contributed by atoms with van der Waals surface area (Å²) in [6.45, 7) is -0.420. The third kappa shape index (κ3) is 18.1. The number of esters is 2. The van der Waals surface area contributed by atoms with E-state index in [4.69, 9.17) is 39.9 Å². The fraction of sp³-hybridized carbons (Fsp3) is 0.321. The van der Waals surface area contributed by atoms with Crippen molar-refractivity contribution in [3.63, 3.8) is 0 Å². The van der Waals surface area contributed by atoms with Crippen molar-refractivity contribution < 1.29 is 64.4 Å². The largest absolute Gasteiger partial charge is 0.494 e. The summed E-state index contributed by atoms with van der Waals surface area (Å²) in [7, 11) is 0. The first kappa shape index (κ1) is 52.9. The molecule has 69 heavy (non-hydrogen) atoms. The van der Waals surface area contributed by atoms with Gasteiger partial charge in [0.15, 0.2) is 0 Å². The van der Waals surface area contributed by atoms with E-state index < -0.39 is 30.1 Å². The summed E-state index contributed by atoms with van der Waals surface area (Å²) in [5, 5.41) is 0. The van der Waals surface area contributed by atoms with Gasteiger partial charge in [-0.05, 0) is 152 Å². The third-order valence-corrected chi connectivity index (χ3v) is 10.5. The average Bonchev–Trinajstić information content (AvgIpc) is 3.33. The van der Waals surface area contributed by atoms with Gasteiger partial charge < -0.3 is 39.9 Å². The van der Waals surface area contributed by atoms with Crippen molar-refractivity contribution in [2.75, 3.05) is 51.2 Å². The van der Waals surface area contributed by atoms with Crippen LogP contribution in [-0.2, 0) is 31.3 Å². The number of halogens is 6. The Hall–Kier alpha value is -7.10. The highest BCUT2D eigenvalue weighted by molar-refractivity contribution is 5.87. The quantitative estimate of drug-likeness (QED) is 0.0156. The Kier molecular flexibility index (Phi) is 20.7. The van der Waals surface area contributed by atoms with E-state index >= 15 is 0 Å². The van der Waals surface area contributed by atoms with Gasteiger partial charge >= 0.3 is 24.2 Å². The molecule has 0 saturated carbocycles. The van der Waals surface area contributed by atoms with Crippen LogP contribution in [0, 0.1) is 0 Å². The molecule has 0 aliphatic rings. The van der Waals surface area contributed by atoms with Crippen LogP contribution in [-0.4, -0.2) is 51.7 Å².